The normalized spacial score (nSPS) is 16.6. The van der Waals surface area contributed by atoms with Gasteiger partial charge < -0.3 is 6.08 Å². The van der Waals surface area contributed by atoms with Gasteiger partial charge in [0.25, 0.3) is 0 Å². The van der Waals surface area contributed by atoms with E-state index in [9.17, 15) is 0 Å². The molecule has 0 spiro atoms. The molecule has 0 unspecified atom stereocenters. The van der Waals surface area contributed by atoms with E-state index in [1.54, 1.807) is 0 Å². The fourth-order valence-electron chi connectivity index (χ4n) is 0.786. The van der Waals surface area contributed by atoms with Crippen LogP contribution in [0.3, 0.4) is 0 Å². The molecule has 0 saturated heterocycles. The summed E-state index contributed by atoms with van der Waals surface area (Å²) in [5, 5.41) is 0. The van der Waals surface area contributed by atoms with Gasteiger partial charge >= 0.3 is 27.0 Å². The molecule has 0 aromatic carbocycles. The van der Waals surface area contributed by atoms with Crippen molar-refractivity contribution in [3.63, 3.8) is 0 Å². The SMILES string of the molecule is [C-]1=CCCC=CCC1.[Cl][Ru+]. The predicted molar refractivity (Wildman–Crippen MR) is 41.3 cm³/mol. The number of allylic oxidation sites excluding steroid dienone is 4. The minimum atomic E-state index is 1.11. The maximum absolute atomic E-state index is 4.57. The van der Waals surface area contributed by atoms with Crippen molar-refractivity contribution >= 4 is 9.69 Å². The van der Waals surface area contributed by atoms with Gasteiger partial charge in [0.2, 0.25) is 0 Å². The first-order chi connectivity index (χ1) is 5.00. The van der Waals surface area contributed by atoms with Gasteiger partial charge in [-0.1, -0.05) is 25.0 Å². The van der Waals surface area contributed by atoms with Crippen LogP contribution in [-0.2, 0) is 17.3 Å². The van der Waals surface area contributed by atoms with E-state index >= 15 is 0 Å². The number of hydrogen-bond acceptors (Lipinski definition) is 0. The van der Waals surface area contributed by atoms with Gasteiger partial charge in [-0.15, -0.1) is 0 Å². The molecule has 0 radical (unpaired) electrons. The topological polar surface area (TPSA) is 0 Å². The zero-order valence-corrected chi connectivity index (χ0v) is 8.29. The summed E-state index contributed by atoms with van der Waals surface area (Å²) in [5.41, 5.74) is 0. The van der Waals surface area contributed by atoms with E-state index < -0.39 is 0 Å². The fourth-order valence-corrected chi connectivity index (χ4v) is 0.786. The summed E-state index contributed by atoms with van der Waals surface area (Å²) in [6.07, 6.45) is 14.5. The van der Waals surface area contributed by atoms with Crippen molar-refractivity contribution in [1.82, 2.24) is 0 Å². The fraction of sp³-hybridized carbons (Fsp3) is 0.500. The Morgan fingerprint density at radius 3 is 2.60 bits per heavy atom. The van der Waals surface area contributed by atoms with E-state index in [0.717, 1.165) is 6.42 Å². The van der Waals surface area contributed by atoms with Gasteiger partial charge in [0.05, 0.1) is 0 Å². The molecular formula is C8H11ClRu. The Bertz CT molecular complexity index is 81.8. The predicted octanol–water partition coefficient (Wildman–Crippen LogP) is 3.16. The molecule has 1 rings (SSSR count). The third-order valence-corrected chi connectivity index (χ3v) is 1.24. The monoisotopic (exact) mass is 244 g/mol. The summed E-state index contributed by atoms with van der Waals surface area (Å²) in [6.45, 7) is 0. The van der Waals surface area contributed by atoms with Crippen molar-refractivity contribution in [2.45, 2.75) is 25.7 Å². The molecule has 0 N–H and O–H groups in total. The van der Waals surface area contributed by atoms with E-state index in [0.29, 0.717) is 0 Å². The average Bonchev–Trinajstić information content (AvgIpc) is 1.90. The second-order valence-corrected chi connectivity index (χ2v) is 2.00. The van der Waals surface area contributed by atoms with Gasteiger partial charge in [0, 0.05) is 0 Å². The summed E-state index contributed by atoms with van der Waals surface area (Å²) in [4.78, 5) is 0. The van der Waals surface area contributed by atoms with E-state index in [1.807, 2.05) is 17.3 Å². The van der Waals surface area contributed by atoms with Gasteiger partial charge in [-0.3, -0.25) is 6.08 Å². The standard InChI is InChI=1S/C8H11.ClH.Ru/c1-2-4-6-8-7-5-3-1;;/h1-2,7H,3-6H2;1H;/q-1;;+2/p-1. The van der Waals surface area contributed by atoms with Crippen molar-refractivity contribution in [2.24, 2.45) is 0 Å². The minimum absolute atomic E-state index is 1.11. The third-order valence-electron chi connectivity index (χ3n) is 1.24. The molecule has 0 fully saturated rings. The maximum atomic E-state index is 4.57. The molecule has 0 aliphatic heterocycles. The number of halogens is 1. The van der Waals surface area contributed by atoms with Crippen LogP contribution >= 0.6 is 9.69 Å². The molecule has 0 saturated carbocycles. The van der Waals surface area contributed by atoms with E-state index in [-0.39, 0.29) is 0 Å². The Balaban J connectivity index is 0.000000371. The Morgan fingerprint density at radius 2 is 1.80 bits per heavy atom. The van der Waals surface area contributed by atoms with E-state index in [2.05, 4.69) is 34.0 Å². The molecule has 0 amide bonds. The molecule has 10 heavy (non-hydrogen) atoms. The van der Waals surface area contributed by atoms with Gasteiger partial charge in [-0.25, -0.2) is 0 Å². The average molecular weight is 244 g/mol. The Morgan fingerprint density at radius 1 is 1.10 bits per heavy atom. The molecule has 1 aliphatic carbocycles. The molecule has 0 aromatic rings. The van der Waals surface area contributed by atoms with Crippen LogP contribution in [-0.4, -0.2) is 0 Å². The van der Waals surface area contributed by atoms with Crippen LogP contribution < -0.4 is 0 Å². The van der Waals surface area contributed by atoms with Crippen molar-refractivity contribution in [3.8, 4) is 0 Å². The third kappa shape index (κ3) is 6.51. The molecule has 0 atom stereocenters. The summed E-state index contributed by atoms with van der Waals surface area (Å²) < 4.78 is 0. The molecule has 2 heteroatoms. The Labute approximate surface area is 77.1 Å². The van der Waals surface area contributed by atoms with Crippen LogP contribution in [0, 0.1) is 6.08 Å². The summed E-state index contributed by atoms with van der Waals surface area (Å²) >= 11 is 1.82. The van der Waals surface area contributed by atoms with Crippen LogP contribution in [0.2, 0.25) is 0 Å². The van der Waals surface area contributed by atoms with Crippen molar-refractivity contribution in [3.05, 3.63) is 24.3 Å². The molecule has 58 valence electrons. The zero-order chi connectivity index (χ0) is 7.66. The Kier molecular flexibility index (Phi) is 9.76. The van der Waals surface area contributed by atoms with Gasteiger partial charge in [-0.05, 0) is 6.42 Å². The summed E-state index contributed by atoms with van der Waals surface area (Å²) in [5.74, 6) is 0. The van der Waals surface area contributed by atoms with Crippen LogP contribution in [0.4, 0.5) is 0 Å². The first-order valence-corrected chi connectivity index (χ1v) is 5.57. The molecule has 0 nitrogen and oxygen atoms in total. The second kappa shape index (κ2) is 9.39. The molecule has 1 aliphatic rings. The second-order valence-electron chi connectivity index (χ2n) is 2.00. The van der Waals surface area contributed by atoms with E-state index in [4.69, 9.17) is 0 Å². The quantitative estimate of drug-likeness (QED) is 0.348. The van der Waals surface area contributed by atoms with E-state index in [1.165, 1.54) is 19.3 Å². The number of rotatable bonds is 0. The van der Waals surface area contributed by atoms with Crippen LogP contribution in [0.1, 0.15) is 25.7 Å². The van der Waals surface area contributed by atoms with Gasteiger partial charge in [0.15, 0.2) is 0 Å². The van der Waals surface area contributed by atoms with Crippen LogP contribution in [0.15, 0.2) is 18.2 Å². The zero-order valence-electron chi connectivity index (χ0n) is 5.79. The summed E-state index contributed by atoms with van der Waals surface area (Å²) in [6, 6.07) is 0. The molecule has 0 heterocycles. The molecular weight excluding hydrogens is 233 g/mol. The van der Waals surface area contributed by atoms with Crippen molar-refractivity contribution in [2.75, 3.05) is 0 Å². The van der Waals surface area contributed by atoms with Crippen molar-refractivity contribution < 1.29 is 17.3 Å². The summed E-state index contributed by atoms with van der Waals surface area (Å²) in [7, 11) is 4.57. The van der Waals surface area contributed by atoms with Gasteiger partial charge in [-0.2, -0.15) is 6.42 Å². The molecule has 0 bridgehead atoms. The molecule has 0 aromatic heterocycles. The first kappa shape index (κ1) is 10.4. The first-order valence-electron chi connectivity index (χ1n) is 3.33. The van der Waals surface area contributed by atoms with Gasteiger partial charge in [0.1, 0.15) is 0 Å². The van der Waals surface area contributed by atoms with Crippen LogP contribution in [0.25, 0.3) is 0 Å². The number of hydrogen-bond donors (Lipinski definition) is 0. The van der Waals surface area contributed by atoms with Crippen LogP contribution in [0.5, 0.6) is 0 Å². The Hall–Kier alpha value is 0.393. The van der Waals surface area contributed by atoms with Crippen molar-refractivity contribution in [1.29, 1.82) is 0 Å².